The molecule has 0 unspecified atom stereocenters. The van der Waals surface area contributed by atoms with Crippen molar-refractivity contribution in [1.82, 2.24) is 4.90 Å². The van der Waals surface area contributed by atoms with Gasteiger partial charge >= 0.3 is 0 Å². The third-order valence-corrected chi connectivity index (χ3v) is 9.17. The number of ether oxygens (including phenoxy) is 2. The third kappa shape index (κ3) is 6.01. The van der Waals surface area contributed by atoms with Gasteiger partial charge in [0.25, 0.3) is 5.69 Å². The number of hydrogen-bond donors (Lipinski definition) is 0. The molecule has 5 rings (SSSR count). The minimum atomic E-state index is -0.487. The van der Waals surface area contributed by atoms with Crippen molar-refractivity contribution in [3.8, 4) is 11.5 Å². The summed E-state index contributed by atoms with van der Waals surface area (Å²) in [6.07, 6.45) is 3.30. The Bertz CT molecular complexity index is 1500. The lowest BCUT2D eigenvalue weighted by molar-refractivity contribution is -0.384. The summed E-state index contributed by atoms with van der Waals surface area (Å²) in [5.74, 6) is 0.645. The van der Waals surface area contributed by atoms with Crippen LogP contribution in [-0.4, -0.2) is 35.0 Å². The molecule has 8 nitrogen and oxygen atoms in total. The molecule has 0 radical (unpaired) electrons. The van der Waals surface area contributed by atoms with Crippen molar-refractivity contribution in [2.24, 2.45) is 10.8 Å². The summed E-state index contributed by atoms with van der Waals surface area (Å²) >= 11 is 3.68. The number of non-ortho nitro benzene ring substituents is 1. The SMILES string of the molecule is CCCN1C2=C(C(=O)CC(C)(C)C2)C(c2cc(Br)c(OCc3ccc([N+](=O)[O-])cc3)c(OC)c2)C2=C1CC(C)(C)CC2=O. The van der Waals surface area contributed by atoms with Crippen LogP contribution in [0.25, 0.3) is 0 Å². The fourth-order valence-electron chi connectivity index (χ4n) is 6.79. The lowest BCUT2D eigenvalue weighted by Crippen LogP contribution is -2.44. The molecule has 0 saturated carbocycles. The molecular weight excluding hydrogens is 612 g/mol. The molecule has 3 aliphatic rings. The molecule has 0 saturated heterocycles. The quantitative estimate of drug-likeness (QED) is 0.210. The number of nitrogens with zero attached hydrogens (tertiary/aromatic N) is 2. The maximum absolute atomic E-state index is 14.0. The number of Topliss-reactive ketones (excluding diaryl/α,β-unsaturated/α-hetero) is 2. The Morgan fingerprint density at radius 1 is 0.953 bits per heavy atom. The zero-order valence-electron chi connectivity index (χ0n) is 25.7. The fraction of sp³-hybridized carbons (Fsp3) is 0.471. The van der Waals surface area contributed by atoms with E-state index in [4.69, 9.17) is 9.47 Å². The number of nitro benzene ring substituents is 1. The maximum atomic E-state index is 14.0. The second kappa shape index (κ2) is 11.6. The Hall–Kier alpha value is -3.46. The number of rotatable bonds is 8. The van der Waals surface area contributed by atoms with Crippen LogP contribution in [0.15, 0.2) is 63.4 Å². The lowest BCUT2D eigenvalue weighted by atomic mass is 9.63. The number of ketones is 2. The normalized spacial score (nSPS) is 19.7. The molecule has 1 heterocycles. The second-order valence-electron chi connectivity index (χ2n) is 13.4. The van der Waals surface area contributed by atoms with Crippen LogP contribution in [-0.2, 0) is 16.2 Å². The van der Waals surface area contributed by atoms with Crippen molar-refractivity contribution in [3.05, 3.63) is 84.7 Å². The van der Waals surface area contributed by atoms with Gasteiger partial charge < -0.3 is 14.4 Å². The minimum Gasteiger partial charge on any atom is -0.493 e. The van der Waals surface area contributed by atoms with Crippen molar-refractivity contribution in [2.45, 2.75) is 79.2 Å². The van der Waals surface area contributed by atoms with Gasteiger partial charge in [-0.2, -0.15) is 0 Å². The summed E-state index contributed by atoms with van der Waals surface area (Å²) in [6.45, 7) is 11.6. The average molecular weight is 652 g/mol. The van der Waals surface area contributed by atoms with Crippen LogP contribution in [0.1, 0.15) is 83.8 Å². The van der Waals surface area contributed by atoms with Crippen molar-refractivity contribution < 1.29 is 24.0 Å². The first-order chi connectivity index (χ1) is 20.2. The van der Waals surface area contributed by atoms with E-state index in [0.717, 1.165) is 59.5 Å². The monoisotopic (exact) mass is 650 g/mol. The van der Waals surface area contributed by atoms with E-state index < -0.39 is 10.8 Å². The summed E-state index contributed by atoms with van der Waals surface area (Å²) in [4.78, 5) is 40.9. The Morgan fingerprint density at radius 3 is 2.00 bits per heavy atom. The number of carbonyl (C=O) groups is 2. The molecule has 0 aromatic heterocycles. The molecule has 0 amide bonds. The molecule has 0 atom stereocenters. The number of benzene rings is 2. The maximum Gasteiger partial charge on any atom is 0.269 e. The number of hydrogen-bond acceptors (Lipinski definition) is 7. The number of halogens is 1. The van der Waals surface area contributed by atoms with Gasteiger partial charge in [-0.05, 0) is 81.4 Å². The van der Waals surface area contributed by atoms with Crippen molar-refractivity contribution >= 4 is 33.2 Å². The van der Waals surface area contributed by atoms with Crippen LogP contribution in [0, 0.1) is 20.9 Å². The van der Waals surface area contributed by atoms with Gasteiger partial charge in [0.2, 0.25) is 0 Å². The van der Waals surface area contributed by atoms with Gasteiger partial charge in [-0.3, -0.25) is 19.7 Å². The highest BCUT2D eigenvalue weighted by Gasteiger charge is 2.49. The highest BCUT2D eigenvalue weighted by molar-refractivity contribution is 9.10. The molecule has 2 aromatic carbocycles. The van der Waals surface area contributed by atoms with E-state index in [1.54, 1.807) is 19.2 Å². The van der Waals surface area contributed by atoms with Gasteiger partial charge in [0, 0.05) is 60.0 Å². The first kappa shape index (κ1) is 31.0. The van der Waals surface area contributed by atoms with Crippen LogP contribution in [0.3, 0.4) is 0 Å². The molecule has 0 fully saturated rings. The van der Waals surface area contributed by atoms with Gasteiger partial charge in [-0.15, -0.1) is 0 Å². The fourth-order valence-corrected chi connectivity index (χ4v) is 7.36. The molecule has 0 bridgehead atoms. The van der Waals surface area contributed by atoms with Gasteiger partial charge in [0.05, 0.1) is 16.5 Å². The van der Waals surface area contributed by atoms with Crippen LogP contribution in [0.2, 0.25) is 0 Å². The van der Waals surface area contributed by atoms with Crippen LogP contribution < -0.4 is 9.47 Å². The summed E-state index contributed by atoms with van der Waals surface area (Å²) in [5, 5.41) is 11.0. The standard InChI is InChI=1S/C34H39BrN2O6/c1-7-12-36-24-15-33(2,3)17-26(38)30(24)29(31-25(36)16-34(4,5)18-27(31)39)21-13-23(35)32(28(14-21)42-6)43-19-20-8-10-22(11-9-20)37(40)41/h8-11,13-14,29H,7,12,15-19H2,1-6H3. The topological polar surface area (TPSA) is 99.0 Å². The first-order valence-corrected chi connectivity index (χ1v) is 15.6. The Kier molecular flexibility index (Phi) is 8.33. The molecule has 1 aliphatic heterocycles. The molecule has 228 valence electrons. The molecular formula is C34H39BrN2O6. The predicted molar refractivity (Wildman–Crippen MR) is 168 cm³/mol. The van der Waals surface area contributed by atoms with Gasteiger partial charge in [-0.1, -0.05) is 34.6 Å². The molecule has 9 heteroatoms. The number of nitro groups is 1. The van der Waals surface area contributed by atoms with Crippen molar-refractivity contribution in [1.29, 1.82) is 0 Å². The Balaban J connectivity index is 1.61. The number of carbonyl (C=O) groups excluding carboxylic acids is 2. The summed E-state index contributed by atoms with van der Waals surface area (Å²) in [7, 11) is 1.56. The minimum absolute atomic E-state index is 0.0143. The van der Waals surface area contributed by atoms with Gasteiger partial charge in [0.1, 0.15) is 6.61 Å². The summed E-state index contributed by atoms with van der Waals surface area (Å²) in [6, 6.07) is 10.0. The zero-order chi connectivity index (χ0) is 31.3. The Labute approximate surface area is 261 Å². The van der Waals surface area contributed by atoms with Gasteiger partial charge in [0.15, 0.2) is 23.1 Å². The molecule has 2 aromatic rings. The van der Waals surface area contributed by atoms with E-state index >= 15 is 0 Å². The molecule has 0 spiro atoms. The van der Waals surface area contributed by atoms with E-state index in [9.17, 15) is 19.7 Å². The average Bonchev–Trinajstić information content (AvgIpc) is 2.91. The van der Waals surface area contributed by atoms with Crippen molar-refractivity contribution in [3.63, 3.8) is 0 Å². The molecule has 2 aliphatic carbocycles. The predicted octanol–water partition coefficient (Wildman–Crippen LogP) is 8.04. The second-order valence-corrected chi connectivity index (χ2v) is 14.3. The summed E-state index contributed by atoms with van der Waals surface area (Å²) in [5.41, 5.74) is 4.79. The smallest absolute Gasteiger partial charge is 0.269 e. The van der Waals surface area contributed by atoms with Crippen molar-refractivity contribution in [2.75, 3.05) is 13.7 Å². The van der Waals surface area contributed by atoms with E-state index in [-0.39, 0.29) is 34.7 Å². The van der Waals surface area contributed by atoms with E-state index in [1.165, 1.54) is 12.1 Å². The zero-order valence-corrected chi connectivity index (χ0v) is 27.3. The largest absolute Gasteiger partial charge is 0.493 e. The van der Waals surface area contributed by atoms with Crippen LogP contribution in [0.5, 0.6) is 11.5 Å². The lowest BCUT2D eigenvalue weighted by Gasteiger charge is -2.49. The molecule has 0 N–H and O–H groups in total. The number of allylic oxidation sites excluding steroid dienone is 4. The molecule has 43 heavy (non-hydrogen) atoms. The first-order valence-electron chi connectivity index (χ1n) is 14.8. The third-order valence-electron chi connectivity index (χ3n) is 8.58. The highest BCUT2D eigenvalue weighted by Crippen LogP contribution is 2.55. The van der Waals surface area contributed by atoms with E-state index in [0.29, 0.717) is 28.8 Å². The van der Waals surface area contributed by atoms with Crippen LogP contribution in [0.4, 0.5) is 5.69 Å². The Morgan fingerprint density at radius 2 is 1.51 bits per heavy atom. The van der Waals surface area contributed by atoms with Crippen LogP contribution >= 0.6 is 15.9 Å². The number of methoxy groups -OCH3 is 1. The van der Waals surface area contributed by atoms with E-state index in [2.05, 4.69) is 55.4 Å². The highest BCUT2D eigenvalue weighted by atomic mass is 79.9. The van der Waals surface area contributed by atoms with Gasteiger partial charge in [-0.25, -0.2) is 0 Å². The summed E-state index contributed by atoms with van der Waals surface area (Å²) < 4.78 is 12.6. The van der Waals surface area contributed by atoms with E-state index in [1.807, 2.05) is 12.1 Å².